The van der Waals surface area contributed by atoms with Gasteiger partial charge in [-0.15, -0.1) is 0 Å². The SMILES string of the molecule is CC[C@H](OCc1cccc(CCc2ccccc2)c1)c1ccccc1. The lowest BCUT2D eigenvalue weighted by Crippen LogP contribution is -2.03. The highest BCUT2D eigenvalue weighted by Crippen LogP contribution is 2.22. The zero-order chi connectivity index (χ0) is 17.3. The fourth-order valence-electron chi connectivity index (χ4n) is 3.12. The van der Waals surface area contributed by atoms with E-state index in [-0.39, 0.29) is 6.10 Å². The van der Waals surface area contributed by atoms with E-state index in [1.165, 1.54) is 22.3 Å². The van der Waals surface area contributed by atoms with Gasteiger partial charge in [0.05, 0.1) is 12.7 Å². The molecule has 0 aromatic heterocycles. The van der Waals surface area contributed by atoms with Gasteiger partial charge in [-0.05, 0) is 41.5 Å². The van der Waals surface area contributed by atoms with E-state index in [9.17, 15) is 0 Å². The number of benzene rings is 3. The molecule has 25 heavy (non-hydrogen) atoms. The Balaban J connectivity index is 1.58. The Hall–Kier alpha value is -2.38. The first-order chi connectivity index (χ1) is 12.3. The van der Waals surface area contributed by atoms with Crippen molar-refractivity contribution in [2.24, 2.45) is 0 Å². The quantitative estimate of drug-likeness (QED) is 0.482. The Bertz CT molecular complexity index is 749. The van der Waals surface area contributed by atoms with Crippen LogP contribution < -0.4 is 0 Å². The summed E-state index contributed by atoms with van der Waals surface area (Å²) in [6.45, 7) is 2.83. The van der Waals surface area contributed by atoms with Crippen molar-refractivity contribution in [3.8, 4) is 0 Å². The molecule has 0 spiro atoms. The van der Waals surface area contributed by atoms with Crippen LogP contribution in [-0.4, -0.2) is 0 Å². The van der Waals surface area contributed by atoms with Crippen LogP contribution in [-0.2, 0) is 24.2 Å². The van der Waals surface area contributed by atoms with Crippen molar-refractivity contribution in [1.82, 2.24) is 0 Å². The maximum atomic E-state index is 6.18. The first-order valence-electron chi connectivity index (χ1n) is 9.13. The lowest BCUT2D eigenvalue weighted by Gasteiger charge is -2.17. The minimum absolute atomic E-state index is 0.161. The summed E-state index contributed by atoms with van der Waals surface area (Å²) in [4.78, 5) is 0. The maximum absolute atomic E-state index is 6.18. The van der Waals surface area contributed by atoms with E-state index in [0.717, 1.165) is 19.3 Å². The summed E-state index contributed by atoms with van der Waals surface area (Å²) in [7, 11) is 0. The minimum Gasteiger partial charge on any atom is -0.369 e. The summed E-state index contributed by atoms with van der Waals surface area (Å²) >= 11 is 0. The topological polar surface area (TPSA) is 9.23 Å². The average Bonchev–Trinajstić information content (AvgIpc) is 2.69. The molecule has 0 N–H and O–H groups in total. The number of ether oxygens (including phenoxy) is 1. The monoisotopic (exact) mass is 330 g/mol. The first kappa shape index (κ1) is 17.4. The van der Waals surface area contributed by atoms with Crippen molar-refractivity contribution in [3.05, 3.63) is 107 Å². The Morgan fingerprint density at radius 2 is 1.28 bits per heavy atom. The molecule has 1 atom stereocenters. The molecule has 0 aliphatic rings. The van der Waals surface area contributed by atoms with Gasteiger partial charge >= 0.3 is 0 Å². The van der Waals surface area contributed by atoms with E-state index in [1.807, 2.05) is 6.07 Å². The van der Waals surface area contributed by atoms with E-state index in [1.54, 1.807) is 0 Å². The third kappa shape index (κ3) is 5.30. The number of hydrogen-bond acceptors (Lipinski definition) is 1. The van der Waals surface area contributed by atoms with Gasteiger partial charge in [-0.25, -0.2) is 0 Å². The fraction of sp³-hybridized carbons (Fsp3) is 0.250. The van der Waals surface area contributed by atoms with Gasteiger partial charge in [-0.3, -0.25) is 0 Å². The number of aryl methyl sites for hydroxylation is 2. The third-order valence-electron chi connectivity index (χ3n) is 4.53. The van der Waals surface area contributed by atoms with Crippen molar-refractivity contribution in [1.29, 1.82) is 0 Å². The van der Waals surface area contributed by atoms with Crippen molar-refractivity contribution in [2.75, 3.05) is 0 Å². The van der Waals surface area contributed by atoms with Crippen LogP contribution in [0.2, 0.25) is 0 Å². The lowest BCUT2D eigenvalue weighted by atomic mass is 10.0. The first-order valence-corrected chi connectivity index (χ1v) is 9.13. The predicted molar refractivity (Wildman–Crippen MR) is 105 cm³/mol. The summed E-state index contributed by atoms with van der Waals surface area (Å²) in [5, 5.41) is 0. The van der Waals surface area contributed by atoms with E-state index in [2.05, 4.69) is 85.8 Å². The van der Waals surface area contributed by atoms with Crippen molar-refractivity contribution >= 4 is 0 Å². The Morgan fingerprint density at radius 1 is 0.680 bits per heavy atom. The molecule has 0 fully saturated rings. The fourth-order valence-corrected chi connectivity index (χ4v) is 3.12. The molecule has 3 rings (SSSR count). The molecule has 0 heterocycles. The van der Waals surface area contributed by atoms with Crippen LogP contribution in [0.3, 0.4) is 0 Å². The summed E-state index contributed by atoms with van der Waals surface area (Å²) in [6, 6.07) is 29.9. The number of hydrogen-bond donors (Lipinski definition) is 0. The molecule has 1 nitrogen and oxygen atoms in total. The minimum atomic E-state index is 0.161. The molecule has 128 valence electrons. The summed E-state index contributed by atoms with van der Waals surface area (Å²) in [6.07, 6.45) is 3.28. The van der Waals surface area contributed by atoms with Gasteiger partial charge in [-0.2, -0.15) is 0 Å². The standard InChI is InChI=1S/C24H26O/c1-2-24(23-14-7-4-8-15-23)25-19-22-13-9-12-21(18-22)17-16-20-10-5-3-6-11-20/h3-15,18,24H,2,16-17,19H2,1H3/t24-/m0/s1. The highest BCUT2D eigenvalue weighted by Gasteiger charge is 2.09. The van der Waals surface area contributed by atoms with Crippen LogP contribution in [0.5, 0.6) is 0 Å². The van der Waals surface area contributed by atoms with Crippen molar-refractivity contribution in [2.45, 2.75) is 38.9 Å². The molecule has 0 radical (unpaired) electrons. The molecule has 0 aliphatic carbocycles. The highest BCUT2D eigenvalue weighted by molar-refractivity contribution is 5.25. The van der Waals surface area contributed by atoms with Gasteiger partial charge in [0.2, 0.25) is 0 Å². The van der Waals surface area contributed by atoms with E-state index in [4.69, 9.17) is 4.74 Å². The molecular formula is C24H26O. The molecule has 0 saturated carbocycles. The van der Waals surface area contributed by atoms with Gasteiger partial charge < -0.3 is 4.74 Å². The molecule has 3 aromatic rings. The summed E-state index contributed by atoms with van der Waals surface area (Å²) in [5.74, 6) is 0. The molecular weight excluding hydrogens is 304 g/mol. The van der Waals surface area contributed by atoms with E-state index < -0.39 is 0 Å². The smallest absolute Gasteiger partial charge is 0.0826 e. The van der Waals surface area contributed by atoms with Gasteiger partial charge in [0.1, 0.15) is 0 Å². The molecule has 1 heteroatoms. The van der Waals surface area contributed by atoms with Crippen LogP contribution in [0.1, 0.15) is 41.7 Å². The second-order valence-corrected chi connectivity index (χ2v) is 6.42. The Labute approximate surface area is 151 Å². The summed E-state index contributed by atoms with van der Waals surface area (Å²) < 4.78 is 6.18. The molecule has 0 saturated heterocycles. The Kier molecular flexibility index (Phi) is 6.42. The molecule has 0 aliphatic heterocycles. The predicted octanol–water partition coefficient (Wildman–Crippen LogP) is 6.14. The number of rotatable bonds is 8. The van der Waals surface area contributed by atoms with Crippen LogP contribution in [0.25, 0.3) is 0 Å². The van der Waals surface area contributed by atoms with Crippen LogP contribution in [0, 0.1) is 0 Å². The molecule has 3 aromatic carbocycles. The second-order valence-electron chi connectivity index (χ2n) is 6.42. The van der Waals surface area contributed by atoms with E-state index in [0.29, 0.717) is 6.61 Å². The highest BCUT2D eigenvalue weighted by atomic mass is 16.5. The zero-order valence-corrected chi connectivity index (χ0v) is 14.9. The molecule has 0 amide bonds. The van der Waals surface area contributed by atoms with Gasteiger partial charge in [-0.1, -0.05) is 91.9 Å². The van der Waals surface area contributed by atoms with Gasteiger partial charge in [0.25, 0.3) is 0 Å². The van der Waals surface area contributed by atoms with Crippen molar-refractivity contribution in [3.63, 3.8) is 0 Å². The zero-order valence-electron chi connectivity index (χ0n) is 14.9. The average molecular weight is 330 g/mol. The van der Waals surface area contributed by atoms with Crippen LogP contribution in [0.4, 0.5) is 0 Å². The Morgan fingerprint density at radius 3 is 2.00 bits per heavy atom. The lowest BCUT2D eigenvalue weighted by molar-refractivity contribution is 0.0371. The normalized spacial score (nSPS) is 12.0. The van der Waals surface area contributed by atoms with Gasteiger partial charge in [0.15, 0.2) is 0 Å². The second kappa shape index (κ2) is 9.19. The molecule has 0 unspecified atom stereocenters. The molecule has 0 bridgehead atoms. The van der Waals surface area contributed by atoms with Crippen LogP contribution >= 0.6 is 0 Å². The van der Waals surface area contributed by atoms with Gasteiger partial charge in [0, 0.05) is 0 Å². The van der Waals surface area contributed by atoms with Crippen molar-refractivity contribution < 1.29 is 4.74 Å². The largest absolute Gasteiger partial charge is 0.369 e. The van der Waals surface area contributed by atoms with Crippen LogP contribution in [0.15, 0.2) is 84.9 Å². The summed E-state index contributed by atoms with van der Waals surface area (Å²) in [5.41, 5.74) is 5.27. The maximum Gasteiger partial charge on any atom is 0.0826 e. The van der Waals surface area contributed by atoms with E-state index >= 15 is 0 Å². The third-order valence-corrected chi connectivity index (χ3v) is 4.53.